The fourth-order valence-corrected chi connectivity index (χ4v) is 1.35. The summed E-state index contributed by atoms with van der Waals surface area (Å²) in [5, 5.41) is 0. The van der Waals surface area contributed by atoms with Crippen LogP contribution < -0.4 is 10.9 Å². The Hall–Kier alpha value is -1.88. The number of benzene rings is 1. The molecule has 0 aliphatic rings. The van der Waals surface area contributed by atoms with Crippen LogP contribution in [-0.2, 0) is 4.79 Å². The number of nitrogens with one attached hydrogen (secondary N) is 2. The molecule has 2 amide bonds. The Balaban J connectivity index is 2.46. The molecule has 1 aromatic rings. The minimum Gasteiger partial charge on any atom is -0.268 e. The maximum Gasteiger partial charge on any atom is 0.269 e. The van der Waals surface area contributed by atoms with Gasteiger partial charge in [-0.25, -0.2) is 0 Å². The molecule has 0 bridgehead atoms. The summed E-state index contributed by atoms with van der Waals surface area (Å²) in [6.07, 6.45) is 6.42. The van der Waals surface area contributed by atoms with Gasteiger partial charge < -0.3 is 0 Å². The second kappa shape index (κ2) is 7.45. The van der Waals surface area contributed by atoms with Crippen LogP contribution in [0.2, 0.25) is 0 Å². The van der Waals surface area contributed by atoms with Crippen molar-refractivity contribution in [3.63, 3.8) is 0 Å². The average molecular weight is 309 g/mol. The number of rotatable bonds is 3. The summed E-state index contributed by atoms with van der Waals surface area (Å²) in [5.41, 5.74) is 5.07. The molecule has 0 radical (unpaired) electrons. The number of carbonyl (C=O) groups excluding carboxylic acids is 2. The molecular weight excluding hydrogens is 296 g/mol. The highest BCUT2D eigenvalue weighted by atomic mass is 79.9. The first-order valence-corrected chi connectivity index (χ1v) is 6.08. The van der Waals surface area contributed by atoms with Gasteiger partial charge in [0.25, 0.3) is 11.8 Å². The minimum absolute atomic E-state index is 0.365. The third-order valence-corrected chi connectivity index (χ3v) is 2.49. The van der Waals surface area contributed by atoms with Gasteiger partial charge in [0.2, 0.25) is 0 Å². The van der Waals surface area contributed by atoms with E-state index in [0.29, 0.717) is 5.56 Å². The molecule has 0 saturated carbocycles. The topological polar surface area (TPSA) is 58.2 Å². The van der Waals surface area contributed by atoms with E-state index in [1.165, 1.54) is 6.08 Å². The lowest BCUT2D eigenvalue weighted by Crippen LogP contribution is -2.40. The van der Waals surface area contributed by atoms with Gasteiger partial charge in [0.05, 0.1) is 0 Å². The highest BCUT2D eigenvalue weighted by molar-refractivity contribution is 9.10. The second-order valence-corrected chi connectivity index (χ2v) is 4.25. The zero-order valence-electron chi connectivity index (χ0n) is 9.81. The molecule has 18 heavy (non-hydrogen) atoms. The van der Waals surface area contributed by atoms with Crippen LogP contribution in [0.15, 0.2) is 53.0 Å². The molecular formula is C13H13BrN2O2. The van der Waals surface area contributed by atoms with Crippen molar-refractivity contribution < 1.29 is 9.59 Å². The lowest BCUT2D eigenvalue weighted by atomic mass is 10.2. The number of carbonyl (C=O) groups is 2. The number of amides is 2. The van der Waals surface area contributed by atoms with Crippen LogP contribution in [-0.4, -0.2) is 11.8 Å². The van der Waals surface area contributed by atoms with Gasteiger partial charge in [-0.2, -0.15) is 0 Å². The van der Waals surface area contributed by atoms with Crippen LogP contribution in [0.1, 0.15) is 17.3 Å². The van der Waals surface area contributed by atoms with Crippen molar-refractivity contribution in [3.05, 3.63) is 58.6 Å². The van der Waals surface area contributed by atoms with E-state index in [9.17, 15) is 9.59 Å². The molecule has 0 fully saturated rings. The van der Waals surface area contributed by atoms with Gasteiger partial charge in [0.1, 0.15) is 0 Å². The van der Waals surface area contributed by atoms with Crippen molar-refractivity contribution >= 4 is 27.7 Å². The van der Waals surface area contributed by atoms with Crippen molar-refractivity contribution in [1.29, 1.82) is 0 Å². The number of halogens is 1. The molecule has 0 aromatic heterocycles. The van der Waals surface area contributed by atoms with E-state index in [2.05, 4.69) is 26.8 Å². The molecule has 0 heterocycles. The SMILES string of the molecule is C/C=C/C=C/C(=O)NNC(=O)c1ccc(Br)cc1. The molecule has 4 nitrogen and oxygen atoms in total. The van der Waals surface area contributed by atoms with Gasteiger partial charge in [0, 0.05) is 16.1 Å². The van der Waals surface area contributed by atoms with Crippen molar-refractivity contribution in [2.45, 2.75) is 6.92 Å². The smallest absolute Gasteiger partial charge is 0.268 e. The van der Waals surface area contributed by atoms with Crippen molar-refractivity contribution in [2.24, 2.45) is 0 Å². The third-order valence-electron chi connectivity index (χ3n) is 1.96. The highest BCUT2D eigenvalue weighted by Gasteiger charge is 2.04. The maximum absolute atomic E-state index is 11.6. The number of hydrogen-bond acceptors (Lipinski definition) is 2. The summed E-state index contributed by atoms with van der Waals surface area (Å²) in [6, 6.07) is 6.81. The van der Waals surface area contributed by atoms with Crippen molar-refractivity contribution in [2.75, 3.05) is 0 Å². The minimum atomic E-state index is -0.390. The van der Waals surface area contributed by atoms with E-state index in [1.54, 1.807) is 42.5 Å². The predicted molar refractivity (Wildman–Crippen MR) is 73.7 cm³/mol. The van der Waals surface area contributed by atoms with Gasteiger partial charge in [-0.05, 0) is 31.2 Å². The Morgan fingerprint density at radius 3 is 2.39 bits per heavy atom. The van der Waals surface area contributed by atoms with E-state index in [4.69, 9.17) is 0 Å². The standard InChI is InChI=1S/C13H13BrN2O2/c1-2-3-4-5-12(17)15-16-13(18)10-6-8-11(14)9-7-10/h2-9H,1H3,(H,15,17)(H,16,18)/b3-2+,5-4+. The zero-order chi connectivity index (χ0) is 13.4. The Bertz CT molecular complexity index is 478. The fraction of sp³-hybridized carbons (Fsp3) is 0.0769. The molecule has 0 aliphatic heterocycles. The van der Waals surface area contributed by atoms with E-state index in [0.717, 1.165) is 4.47 Å². The van der Waals surface area contributed by atoms with Gasteiger partial charge in [-0.1, -0.05) is 34.2 Å². The Kier molecular flexibility index (Phi) is 5.87. The first-order valence-electron chi connectivity index (χ1n) is 5.28. The summed E-state index contributed by atoms with van der Waals surface area (Å²) in [4.78, 5) is 22.9. The highest BCUT2D eigenvalue weighted by Crippen LogP contribution is 2.09. The van der Waals surface area contributed by atoms with E-state index >= 15 is 0 Å². The van der Waals surface area contributed by atoms with Crippen LogP contribution in [0.4, 0.5) is 0 Å². The average Bonchev–Trinajstić information content (AvgIpc) is 2.37. The lowest BCUT2D eigenvalue weighted by molar-refractivity contribution is -0.117. The summed E-state index contributed by atoms with van der Waals surface area (Å²) >= 11 is 3.27. The first kappa shape index (κ1) is 14.2. The Labute approximate surface area is 114 Å². The molecule has 0 aliphatic carbocycles. The molecule has 0 atom stereocenters. The van der Waals surface area contributed by atoms with Crippen LogP contribution >= 0.6 is 15.9 Å². The normalized spacial score (nSPS) is 10.8. The summed E-state index contributed by atoms with van der Waals surface area (Å²) in [7, 11) is 0. The molecule has 2 N–H and O–H groups in total. The summed E-state index contributed by atoms with van der Waals surface area (Å²) in [6.45, 7) is 1.84. The van der Waals surface area contributed by atoms with Gasteiger partial charge in [-0.15, -0.1) is 0 Å². The Morgan fingerprint density at radius 2 is 1.78 bits per heavy atom. The van der Waals surface area contributed by atoms with Gasteiger partial charge >= 0.3 is 0 Å². The van der Waals surface area contributed by atoms with E-state index in [-0.39, 0.29) is 5.91 Å². The molecule has 0 spiro atoms. The molecule has 0 saturated heterocycles. The van der Waals surface area contributed by atoms with Crippen molar-refractivity contribution in [1.82, 2.24) is 10.9 Å². The van der Waals surface area contributed by atoms with Gasteiger partial charge in [0.15, 0.2) is 0 Å². The molecule has 5 heteroatoms. The quantitative estimate of drug-likeness (QED) is 0.511. The fourth-order valence-electron chi connectivity index (χ4n) is 1.09. The maximum atomic E-state index is 11.6. The number of hydrazine groups is 1. The molecule has 94 valence electrons. The predicted octanol–water partition coefficient (Wildman–Crippen LogP) is 2.34. The number of hydrogen-bond donors (Lipinski definition) is 2. The van der Waals surface area contributed by atoms with Crippen LogP contribution in [0.5, 0.6) is 0 Å². The first-order chi connectivity index (χ1) is 8.63. The number of allylic oxidation sites excluding steroid dienone is 3. The van der Waals surface area contributed by atoms with Gasteiger partial charge in [-0.3, -0.25) is 20.4 Å². The Morgan fingerprint density at radius 1 is 1.11 bits per heavy atom. The molecule has 0 unspecified atom stereocenters. The van der Waals surface area contributed by atoms with Crippen molar-refractivity contribution in [3.8, 4) is 0 Å². The summed E-state index contributed by atoms with van der Waals surface area (Å²) < 4.78 is 0.886. The largest absolute Gasteiger partial charge is 0.269 e. The van der Waals surface area contributed by atoms with E-state index < -0.39 is 5.91 Å². The van der Waals surface area contributed by atoms with Crippen LogP contribution in [0, 0.1) is 0 Å². The van der Waals surface area contributed by atoms with Crippen LogP contribution in [0.25, 0.3) is 0 Å². The monoisotopic (exact) mass is 308 g/mol. The summed E-state index contributed by atoms with van der Waals surface area (Å²) in [5.74, 6) is -0.756. The van der Waals surface area contributed by atoms with E-state index in [1.807, 2.05) is 6.92 Å². The molecule has 1 rings (SSSR count). The van der Waals surface area contributed by atoms with Crippen LogP contribution in [0.3, 0.4) is 0 Å². The zero-order valence-corrected chi connectivity index (χ0v) is 11.4. The lowest BCUT2D eigenvalue weighted by Gasteiger charge is -2.04. The molecule has 1 aromatic carbocycles. The second-order valence-electron chi connectivity index (χ2n) is 3.34. The third kappa shape index (κ3) is 4.97.